The largest absolute Gasteiger partial charge is 0.353 e. The summed E-state index contributed by atoms with van der Waals surface area (Å²) in [5, 5.41) is 0. The summed E-state index contributed by atoms with van der Waals surface area (Å²) in [6.07, 6.45) is 0. The first-order chi connectivity index (χ1) is 5.83. The van der Waals surface area contributed by atoms with E-state index in [0.717, 1.165) is 0 Å². The minimum atomic E-state index is -0.556. The van der Waals surface area contributed by atoms with E-state index in [1.807, 2.05) is 27.7 Å². The highest BCUT2D eigenvalue weighted by molar-refractivity contribution is 4.58. The van der Waals surface area contributed by atoms with Gasteiger partial charge < -0.3 is 20.9 Å². The van der Waals surface area contributed by atoms with Gasteiger partial charge in [-0.25, -0.2) is 0 Å². The van der Waals surface area contributed by atoms with Crippen LogP contribution in [-0.4, -0.2) is 31.1 Å². The van der Waals surface area contributed by atoms with Gasteiger partial charge in [-0.2, -0.15) is 0 Å². The zero-order valence-electron chi connectivity index (χ0n) is 9.17. The minimum Gasteiger partial charge on any atom is -0.353 e. The molecule has 80 valence electrons. The molecule has 0 radical (unpaired) electrons. The molecule has 2 unspecified atom stereocenters. The molecule has 0 aromatic heterocycles. The van der Waals surface area contributed by atoms with Gasteiger partial charge in [-0.15, -0.1) is 0 Å². The monoisotopic (exact) mass is 191 g/mol. The molecule has 4 heteroatoms. The van der Waals surface area contributed by atoms with Gasteiger partial charge in [0.25, 0.3) is 0 Å². The van der Waals surface area contributed by atoms with Crippen molar-refractivity contribution in [3.63, 3.8) is 0 Å². The summed E-state index contributed by atoms with van der Waals surface area (Å²) in [5.74, 6) is -0.556. The van der Waals surface area contributed by atoms with Crippen LogP contribution in [0.2, 0.25) is 0 Å². The van der Waals surface area contributed by atoms with E-state index in [0.29, 0.717) is 13.2 Å². The Bertz CT molecular complexity index is 122. The minimum absolute atomic E-state index is 0.0417. The smallest absolute Gasteiger partial charge is 0.163 e. The lowest BCUT2D eigenvalue weighted by molar-refractivity contribution is -0.428. The average Bonchev–Trinajstić information content (AvgIpc) is 1.98. The van der Waals surface area contributed by atoms with E-state index in [1.54, 1.807) is 0 Å². The van der Waals surface area contributed by atoms with Crippen molar-refractivity contribution >= 4 is 0 Å². The molecule has 4 nitrogen and oxygen atoms in total. The highest BCUT2D eigenvalue weighted by atomic mass is 16.7. The molecule has 13 heavy (non-hydrogen) atoms. The number of ether oxygens (including phenoxy) is 2. The molecule has 0 saturated heterocycles. The third-order valence-electron chi connectivity index (χ3n) is 1.41. The standard InChI is InChI=1S/C9H22N2O2/c1-7(10)5-12-9(3,4)13-6-8(2)11/h7-8H,5-6,10-11H2,1-4H3/p+1. The van der Waals surface area contributed by atoms with E-state index in [2.05, 4.69) is 5.73 Å². The number of rotatable bonds is 6. The van der Waals surface area contributed by atoms with E-state index in [1.165, 1.54) is 0 Å². The fourth-order valence-electron chi connectivity index (χ4n) is 0.717. The maximum Gasteiger partial charge on any atom is 0.163 e. The molecule has 0 fully saturated rings. The van der Waals surface area contributed by atoms with E-state index in [4.69, 9.17) is 15.2 Å². The molecule has 0 aromatic carbocycles. The zero-order chi connectivity index (χ0) is 10.5. The van der Waals surface area contributed by atoms with Crippen LogP contribution in [0.3, 0.4) is 0 Å². The molecule has 0 aliphatic rings. The predicted octanol–water partition coefficient (Wildman–Crippen LogP) is -0.267. The molecule has 0 aliphatic heterocycles. The zero-order valence-corrected chi connectivity index (χ0v) is 9.17. The molecule has 2 atom stereocenters. The normalized spacial score (nSPS) is 17.1. The van der Waals surface area contributed by atoms with Crippen LogP contribution in [0.5, 0.6) is 0 Å². The highest BCUT2D eigenvalue weighted by Crippen LogP contribution is 2.11. The van der Waals surface area contributed by atoms with Crippen molar-refractivity contribution in [1.82, 2.24) is 0 Å². The first-order valence-corrected chi connectivity index (χ1v) is 4.70. The lowest BCUT2D eigenvalue weighted by Gasteiger charge is -2.26. The number of quaternary nitrogens is 1. The summed E-state index contributed by atoms with van der Waals surface area (Å²) >= 11 is 0. The van der Waals surface area contributed by atoms with Gasteiger partial charge in [-0.3, -0.25) is 0 Å². The Hall–Kier alpha value is -0.160. The summed E-state index contributed by atoms with van der Waals surface area (Å²) in [7, 11) is 0. The van der Waals surface area contributed by atoms with Crippen LogP contribution in [0.15, 0.2) is 0 Å². The molecule has 0 aliphatic carbocycles. The van der Waals surface area contributed by atoms with Gasteiger partial charge in [0.15, 0.2) is 5.79 Å². The summed E-state index contributed by atoms with van der Waals surface area (Å²) in [4.78, 5) is 0. The van der Waals surface area contributed by atoms with Gasteiger partial charge in [0.1, 0.15) is 12.6 Å². The summed E-state index contributed by atoms with van der Waals surface area (Å²) in [6.45, 7) is 8.79. The Morgan fingerprint density at radius 3 is 2.08 bits per heavy atom. The van der Waals surface area contributed by atoms with Gasteiger partial charge in [0.05, 0.1) is 6.61 Å². The highest BCUT2D eigenvalue weighted by Gasteiger charge is 2.20. The van der Waals surface area contributed by atoms with Crippen molar-refractivity contribution in [2.24, 2.45) is 5.73 Å². The first-order valence-electron chi connectivity index (χ1n) is 4.70. The molecule has 0 aromatic rings. The second-order valence-electron chi connectivity index (χ2n) is 4.10. The van der Waals surface area contributed by atoms with Gasteiger partial charge >= 0.3 is 0 Å². The van der Waals surface area contributed by atoms with Crippen molar-refractivity contribution in [1.29, 1.82) is 0 Å². The predicted molar refractivity (Wildman–Crippen MR) is 52.0 cm³/mol. The molecular weight excluding hydrogens is 168 g/mol. The molecule has 0 heterocycles. The molecule has 5 N–H and O–H groups in total. The van der Waals surface area contributed by atoms with Crippen molar-refractivity contribution in [2.75, 3.05) is 13.2 Å². The van der Waals surface area contributed by atoms with E-state index >= 15 is 0 Å². The average molecular weight is 191 g/mol. The van der Waals surface area contributed by atoms with Crippen molar-refractivity contribution in [3.8, 4) is 0 Å². The molecule has 0 amide bonds. The van der Waals surface area contributed by atoms with Crippen molar-refractivity contribution in [3.05, 3.63) is 0 Å². The number of nitrogens with two attached hydrogens (primary N) is 1. The molecule has 0 rings (SSSR count). The third kappa shape index (κ3) is 8.18. The SMILES string of the molecule is CC(N)COC(C)(C)OCC(C)[NH3+]. The van der Waals surface area contributed by atoms with E-state index in [-0.39, 0.29) is 12.1 Å². The topological polar surface area (TPSA) is 72.1 Å². The van der Waals surface area contributed by atoms with Crippen molar-refractivity contribution in [2.45, 2.75) is 45.6 Å². The van der Waals surface area contributed by atoms with Gasteiger partial charge in [0.2, 0.25) is 0 Å². The Morgan fingerprint density at radius 1 is 1.23 bits per heavy atom. The first kappa shape index (κ1) is 12.8. The van der Waals surface area contributed by atoms with Crippen LogP contribution < -0.4 is 11.5 Å². The van der Waals surface area contributed by atoms with Gasteiger partial charge in [0, 0.05) is 6.04 Å². The molecular formula is C9H23N2O2+. The van der Waals surface area contributed by atoms with Crippen LogP contribution in [0.25, 0.3) is 0 Å². The number of hydrogen-bond donors (Lipinski definition) is 2. The summed E-state index contributed by atoms with van der Waals surface area (Å²) in [6, 6.07) is 0.318. The fourth-order valence-corrected chi connectivity index (χ4v) is 0.717. The Morgan fingerprint density at radius 2 is 1.69 bits per heavy atom. The summed E-state index contributed by atoms with van der Waals surface area (Å²) < 4.78 is 11.0. The maximum atomic E-state index is 5.56. The lowest BCUT2D eigenvalue weighted by Crippen LogP contribution is -2.62. The van der Waals surface area contributed by atoms with Crippen LogP contribution in [0.1, 0.15) is 27.7 Å². The third-order valence-corrected chi connectivity index (χ3v) is 1.41. The lowest BCUT2D eigenvalue weighted by atomic mass is 10.3. The van der Waals surface area contributed by atoms with Gasteiger partial charge in [-0.05, 0) is 27.7 Å². The van der Waals surface area contributed by atoms with Gasteiger partial charge in [-0.1, -0.05) is 0 Å². The molecule has 0 spiro atoms. The van der Waals surface area contributed by atoms with Crippen LogP contribution in [0, 0.1) is 0 Å². The van der Waals surface area contributed by atoms with E-state index < -0.39 is 5.79 Å². The summed E-state index contributed by atoms with van der Waals surface area (Å²) in [5.41, 5.74) is 9.39. The van der Waals surface area contributed by atoms with Crippen LogP contribution in [-0.2, 0) is 9.47 Å². The van der Waals surface area contributed by atoms with Crippen LogP contribution in [0.4, 0.5) is 0 Å². The second-order valence-corrected chi connectivity index (χ2v) is 4.10. The molecule has 0 bridgehead atoms. The maximum absolute atomic E-state index is 5.56. The molecule has 0 saturated carbocycles. The Balaban J connectivity index is 3.66. The number of hydrogen-bond acceptors (Lipinski definition) is 3. The Kier molecular flexibility index (Phi) is 5.48. The van der Waals surface area contributed by atoms with Crippen molar-refractivity contribution < 1.29 is 15.2 Å². The van der Waals surface area contributed by atoms with E-state index in [9.17, 15) is 0 Å². The second kappa shape index (κ2) is 5.54. The van der Waals surface area contributed by atoms with Crippen LogP contribution >= 0.6 is 0 Å². The Labute approximate surface area is 80.6 Å². The quantitative estimate of drug-likeness (QED) is 0.568. The fraction of sp³-hybridized carbons (Fsp3) is 1.00.